The fourth-order valence-corrected chi connectivity index (χ4v) is 2.14. The highest BCUT2D eigenvalue weighted by Crippen LogP contribution is 2.06. The molecule has 0 aliphatic heterocycles. The van der Waals surface area contributed by atoms with E-state index in [-0.39, 0.29) is 12.5 Å². The van der Waals surface area contributed by atoms with Crippen LogP contribution in [0.1, 0.15) is 18.2 Å². The molecular formula is C16H27FN4O. The molecule has 0 saturated heterocycles. The van der Waals surface area contributed by atoms with Gasteiger partial charge in [-0.1, -0.05) is 6.07 Å². The van der Waals surface area contributed by atoms with Crippen molar-refractivity contribution in [2.75, 3.05) is 46.9 Å². The highest BCUT2D eigenvalue weighted by molar-refractivity contribution is 5.78. The zero-order valence-corrected chi connectivity index (χ0v) is 13.8. The second-order valence-corrected chi connectivity index (χ2v) is 5.43. The number of pyridine rings is 1. The molecule has 0 aliphatic rings. The minimum absolute atomic E-state index is 0.0762. The topological polar surface area (TPSA) is 48.5 Å². The van der Waals surface area contributed by atoms with Crippen LogP contribution in [0.25, 0.3) is 0 Å². The molecule has 0 saturated carbocycles. The molecule has 124 valence electrons. The van der Waals surface area contributed by atoms with Gasteiger partial charge in [0.1, 0.15) is 0 Å². The summed E-state index contributed by atoms with van der Waals surface area (Å²) in [7, 11) is 3.98. The molecule has 1 rings (SSSR count). The van der Waals surface area contributed by atoms with Crippen LogP contribution in [-0.4, -0.2) is 67.6 Å². The van der Waals surface area contributed by atoms with Gasteiger partial charge >= 0.3 is 0 Å². The fourth-order valence-electron chi connectivity index (χ4n) is 2.14. The Bertz CT molecular complexity index is 454. The standard InChI is InChI=1S/C16H27FN4O/c1-4-21(11-10-20(2)3)16(22)13-18-12-15-14(7-8-17)6-5-9-19-15/h5-6,9,18H,4,7-8,10-13H2,1-3H3. The summed E-state index contributed by atoms with van der Waals surface area (Å²) in [5.41, 5.74) is 1.70. The predicted octanol–water partition coefficient (Wildman–Crippen LogP) is 1.09. The number of carbonyl (C=O) groups excluding carboxylic acids is 1. The first-order chi connectivity index (χ1) is 10.6. The Morgan fingerprint density at radius 2 is 2.14 bits per heavy atom. The van der Waals surface area contributed by atoms with Crippen molar-refractivity contribution in [3.8, 4) is 0 Å². The van der Waals surface area contributed by atoms with Crippen LogP contribution in [0, 0.1) is 0 Å². The van der Waals surface area contributed by atoms with Crippen molar-refractivity contribution in [1.82, 2.24) is 20.1 Å². The summed E-state index contributed by atoms with van der Waals surface area (Å²) in [6.07, 6.45) is 2.05. The van der Waals surface area contributed by atoms with Crippen LogP contribution in [0.2, 0.25) is 0 Å². The molecule has 0 unspecified atom stereocenters. The van der Waals surface area contributed by atoms with E-state index in [2.05, 4.69) is 15.2 Å². The van der Waals surface area contributed by atoms with Gasteiger partial charge in [-0.05, 0) is 32.6 Å². The summed E-state index contributed by atoms with van der Waals surface area (Å²) in [4.78, 5) is 20.3. The average molecular weight is 310 g/mol. The lowest BCUT2D eigenvalue weighted by molar-refractivity contribution is -0.130. The highest BCUT2D eigenvalue weighted by Gasteiger charge is 2.11. The van der Waals surface area contributed by atoms with Gasteiger partial charge in [0.25, 0.3) is 0 Å². The van der Waals surface area contributed by atoms with Gasteiger partial charge in [-0.3, -0.25) is 14.2 Å². The second kappa shape index (κ2) is 10.2. The van der Waals surface area contributed by atoms with Crippen molar-refractivity contribution in [2.24, 2.45) is 0 Å². The Kier molecular flexibility index (Phi) is 8.62. The maximum atomic E-state index is 12.5. The summed E-state index contributed by atoms with van der Waals surface area (Å²) >= 11 is 0. The predicted molar refractivity (Wildman–Crippen MR) is 86.4 cm³/mol. The van der Waals surface area contributed by atoms with E-state index in [1.54, 1.807) is 12.3 Å². The number of amides is 1. The zero-order valence-electron chi connectivity index (χ0n) is 13.8. The van der Waals surface area contributed by atoms with E-state index in [1.807, 2.05) is 32.0 Å². The van der Waals surface area contributed by atoms with Crippen molar-refractivity contribution >= 4 is 5.91 Å². The molecule has 0 spiro atoms. The first-order valence-electron chi connectivity index (χ1n) is 7.70. The summed E-state index contributed by atoms with van der Waals surface area (Å²) in [6.45, 7) is 4.60. The van der Waals surface area contributed by atoms with E-state index in [4.69, 9.17) is 0 Å². The second-order valence-electron chi connectivity index (χ2n) is 5.43. The molecule has 1 aromatic rings. The molecule has 1 amide bonds. The van der Waals surface area contributed by atoms with E-state index in [1.165, 1.54) is 0 Å². The molecular weight excluding hydrogens is 283 g/mol. The molecule has 6 heteroatoms. The van der Waals surface area contributed by atoms with Crippen LogP contribution in [-0.2, 0) is 17.8 Å². The summed E-state index contributed by atoms with van der Waals surface area (Å²) in [6, 6.07) is 3.68. The van der Waals surface area contributed by atoms with Crippen molar-refractivity contribution in [2.45, 2.75) is 19.9 Å². The molecule has 1 N–H and O–H groups in total. The van der Waals surface area contributed by atoms with Crippen LogP contribution in [0.3, 0.4) is 0 Å². The van der Waals surface area contributed by atoms with E-state index < -0.39 is 6.67 Å². The lowest BCUT2D eigenvalue weighted by Crippen LogP contribution is -2.41. The van der Waals surface area contributed by atoms with Crippen LogP contribution >= 0.6 is 0 Å². The van der Waals surface area contributed by atoms with E-state index in [0.717, 1.165) is 24.3 Å². The van der Waals surface area contributed by atoms with Gasteiger partial charge in [-0.25, -0.2) is 0 Å². The number of rotatable bonds is 10. The van der Waals surface area contributed by atoms with Gasteiger partial charge in [0.05, 0.1) is 18.9 Å². The number of nitrogens with zero attached hydrogens (tertiary/aromatic N) is 3. The Balaban J connectivity index is 2.44. The van der Waals surface area contributed by atoms with Crippen LogP contribution in [0.4, 0.5) is 4.39 Å². The molecule has 1 heterocycles. The molecule has 22 heavy (non-hydrogen) atoms. The third kappa shape index (κ3) is 6.49. The Morgan fingerprint density at radius 3 is 2.77 bits per heavy atom. The van der Waals surface area contributed by atoms with E-state index in [0.29, 0.717) is 19.5 Å². The molecule has 0 aliphatic carbocycles. The fraction of sp³-hybridized carbons (Fsp3) is 0.625. The number of alkyl halides is 1. The summed E-state index contributed by atoms with van der Waals surface area (Å²) in [5.74, 6) is 0.0762. The highest BCUT2D eigenvalue weighted by atomic mass is 19.1. The van der Waals surface area contributed by atoms with Gasteiger partial charge in [-0.2, -0.15) is 0 Å². The largest absolute Gasteiger partial charge is 0.341 e. The molecule has 0 aromatic carbocycles. The normalized spacial score (nSPS) is 11.0. The third-order valence-corrected chi connectivity index (χ3v) is 3.47. The Labute approximate surface area is 132 Å². The summed E-state index contributed by atoms with van der Waals surface area (Å²) in [5, 5.41) is 3.11. The lowest BCUT2D eigenvalue weighted by Gasteiger charge is -2.23. The van der Waals surface area contributed by atoms with Crippen molar-refractivity contribution in [3.05, 3.63) is 29.6 Å². The van der Waals surface area contributed by atoms with Crippen LogP contribution in [0.15, 0.2) is 18.3 Å². The number of carbonyl (C=O) groups is 1. The molecule has 0 radical (unpaired) electrons. The number of halogens is 1. The number of nitrogens with one attached hydrogen (secondary N) is 1. The third-order valence-electron chi connectivity index (χ3n) is 3.47. The number of aromatic nitrogens is 1. The van der Waals surface area contributed by atoms with Crippen molar-refractivity contribution in [1.29, 1.82) is 0 Å². The maximum Gasteiger partial charge on any atom is 0.236 e. The molecule has 0 atom stereocenters. The maximum absolute atomic E-state index is 12.5. The first-order valence-corrected chi connectivity index (χ1v) is 7.70. The Morgan fingerprint density at radius 1 is 1.36 bits per heavy atom. The van der Waals surface area contributed by atoms with E-state index in [9.17, 15) is 9.18 Å². The number of likely N-dealkylation sites (N-methyl/N-ethyl adjacent to an activating group) is 2. The molecule has 0 bridgehead atoms. The number of hydrogen-bond donors (Lipinski definition) is 1. The monoisotopic (exact) mass is 310 g/mol. The van der Waals surface area contributed by atoms with Gasteiger partial charge in [0.2, 0.25) is 5.91 Å². The molecule has 5 nitrogen and oxygen atoms in total. The number of aryl methyl sites for hydroxylation is 1. The Hall–Kier alpha value is -1.53. The van der Waals surface area contributed by atoms with Crippen molar-refractivity contribution < 1.29 is 9.18 Å². The van der Waals surface area contributed by atoms with Crippen LogP contribution in [0.5, 0.6) is 0 Å². The van der Waals surface area contributed by atoms with E-state index >= 15 is 0 Å². The molecule has 1 aromatic heterocycles. The minimum atomic E-state index is -0.397. The SMILES string of the molecule is CCN(CCN(C)C)C(=O)CNCc1ncccc1CCF. The first kappa shape index (κ1) is 18.5. The molecule has 0 fully saturated rings. The van der Waals surface area contributed by atoms with Gasteiger partial charge in [0.15, 0.2) is 0 Å². The zero-order chi connectivity index (χ0) is 16.4. The average Bonchev–Trinajstić information content (AvgIpc) is 2.49. The quantitative estimate of drug-likeness (QED) is 0.703. The smallest absolute Gasteiger partial charge is 0.236 e. The van der Waals surface area contributed by atoms with Gasteiger partial charge < -0.3 is 15.1 Å². The van der Waals surface area contributed by atoms with Gasteiger partial charge in [0, 0.05) is 38.8 Å². The minimum Gasteiger partial charge on any atom is -0.341 e. The van der Waals surface area contributed by atoms with Crippen LogP contribution < -0.4 is 5.32 Å². The summed E-state index contributed by atoms with van der Waals surface area (Å²) < 4.78 is 12.5. The lowest BCUT2D eigenvalue weighted by atomic mass is 10.1. The number of hydrogen-bond acceptors (Lipinski definition) is 4. The van der Waals surface area contributed by atoms with Crippen molar-refractivity contribution in [3.63, 3.8) is 0 Å². The van der Waals surface area contributed by atoms with Gasteiger partial charge in [-0.15, -0.1) is 0 Å².